The SMILES string of the molecule is Cc1cc(C(N)=S)nc(NCCOc2ccccc2)n1. The summed E-state index contributed by atoms with van der Waals surface area (Å²) in [7, 11) is 0. The van der Waals surface area contributed by atoms with Crippen LogP contribution in [-0.4, -0.2) is 28.1 Å². The lowest BCUT2D eigenvalue weighted by Gasteiger charge is -2.09. The Balaban J connectivity index is 1.86. The third-order valence-corrected chi connectivity index (χ3v) is 2.71. The average Bonchev–Trinajstić information content (AvgIpc) is 2.44. The Kier molecular flexibility index (Phi) is 4.84. The van der Waals surface area contributed by atoms with Crippen molar-refractivity contribution in [2.24, 2.45) is 5.73 Å². The highest BCUT2D eigenvalue weighted by Crippen LogP contribution is 2.08. The first-order valence-electron chi connectivity index (χ1n) is 6.22. The van der Waals surface area contributed by atoms with Crippen molar-refractivity contribution < 1.29 is 4.74 Å². The average molecular weight is 288 g/mol. The Labute approximate surface area is 123 Å². The van der Waals surface area contributed by atoms with E-state index in [1.54, 1.807) is 6.07 Å². The van der Waals surface area contributed by atoms with E-state index in [2.05, 4.69) is 15.3 Å². The minimum atomic E-state index is 0.263. The largest absolute Gasteiger partial charge is 0.492 e. The molecule has 1 heterocycles. The van der Waals surface area contributed by atoms with Crippen molar-refractivity contribution in [2.75, 3.05) is 18.5 Å². The number of ether oxygens (including phenoxy) is 1. The number of aromatic nitrogens is 2. The lowest BCUT2D eigenvalue weighted by Crippen LogP contribution is -2.17. The summed E-state index contributed by atoms with van der Waals surface area (Å²) in [5.74, 6) is 1.34. The van der Waals surface area contributed by atoms with Crippen LogP contribution in [0.2, 0.25) is 0 Å². The summed E-state index contributed by atoms with van der Waals surface area (Å²) in [4.78, 5) is 8.76. The van der Waals surface area contributed by atoms with E-state index in [1.165, 1.54) is 0 Å². The first-order chi connectivity index (χ1) is 9.65. The van der Waals surface area contributed by atoms with Crippen LogP contribution in [0.1, 0.15) is 11.4 Å². The second-order valence-corrected chi connectivity index (χ2v) is 4.61. The van der Waals surface area contributed by atoms with Gasteiger partial charge in [-0.1, -0.05) is 30.4 Å². The van der Waals surface area contributed by atoms with Crippen LogP contribution in [0.3, 0.4) is 0 Å². The molecule has 0 unspecified atom stereocenters. The summed E-state index contributed by atoms with van der Waals surface area (Å²) in [6.07, 6.45) is 0. The van der Waals surface area contributed by atoms with Crippen LogP contribution in [0.25, 0.3) is 0 Å². The highest BCUT2D eigenvalue weighted by Gasteiger charge is 2.04. The molecule has 2 aromatic rings. The van der Waals surface area contributed by atoms with Gasteiger partial charge in [0.15, 0.2) is 0 Å². The molecule has 0 atom stereocenters. The second-order valence-electron chi connectivity index (χ2n) is 4.17. The zero-order chi connectivity index (χ0) is 14.4. The molecule has 0 spiro atoms. The summed E-state index contributed by atoms with van der Waals surface area (Å²) >= 11 is 4.92. The molecular formula is C14H16N4OS. The number of nitrogens with zero attached hydrogens (tertiary/aromatic N) is 2. The fourth-order valence-electron chi connectivity index (χ4n) is 1.62. The van der Waals surface area contributed by atoms with Crippen LogP contribution in [0.5, 0.6) is 5.75 Å². The summed E-state index contributed by atoms with van der Waals surface area (Å²) in [6, 6.07) is 11.4. The molecule has 0 fully saturated rings. The predicted octanol–water partition coefficient (Wildman–Crippen LogP) is 1.91. The summed E-state index contributed by atoms with van der Waals surface area (Å²) in [6.45, 7) is 2.98. The predicted molar refractivity (Wildman–Crippen MR) is 83.1 cm³/mol. The molecule has 1 aromatic carbocycles. The Morgan fingerprint density at radius 1 is 1.30 bits per heavy atom. The van der Waals surface area contributed by atoms with Crippen molar-refractivity contribution >= 4 is 23.2 Å². The van der Waals surface area contributed by atoms with Gasteiger partial charge in [0.1, 0.15) is 23.0 Å². The van der Waals surface area contributed by atoms with Gasteiger partial charge in [0, 0.05) is 5.69 Å². The minimum absolute atomic E-state index is 0.263. The number of para-hydroxylation sites is 1. The van der Waals surface area contributed by atoms with Gasteiger partial charge in [-0.25, -0.2) is 9.97 Å². The number of aryl methyl sites for hydroxylation is 1. The summed E-state index contributed by atoms with van der Waals surface area (Å²) < 4.78 is 5.57. The van der Waals surface area contributed by atoms with E-state index in [0.29, 0.717) is 24.8 Å². The monoisotopic (exact) mass is 288 g/mol. The molecule has 2 rings (SSSR count). The zero-order valence-corrected chi connectivity index (χ0v) is 12.0. The summed E-state index contributed by atoms with van der Waals surface area (Å²) in [5.41, 5.74) is 6.95. The Morgan fingerprint density at radius 2 is 2.05 bits per heavy atom. The maximum atomic E-state index is 5.57. The number of hydrogen-bond donors (Lipinski definition) is 2. The van der Waals surface area contributed by atoms with Crippen LogP contribution in [-0.2, 0) is 0 Å². The van der Waals surface area contributed by atoms with Gasteiger partial charge in [-0.15, -0.1) is 0 Å². The quantitative estimate of drug-likeness (QED) is 0.625. The Hall–Kier alpha value is -2.21. The molecule has 5 nitrogen and oxygen atoms in total. The number of hydrogen-bond acceptors (Lipinski definition) is 5. The molecule has 6 heteroatoms. The van der Waals surface area contributed by atoms with Gasteiger partial charge in [0.05, 0.1) is 6.54 Å². The zero-order valence-electron chi connectivity index (χ0n) is 11.2. The Bertz CT molecular complexity index is 589. The van der Waals surface area contributed by atoms with Crippen LogP contribution >= 0.6 is 12.2 Å². The molecular weight excluding hydrogens is 272 g/mol. The maximum absolute atomic E-state index is 5.57. The first-order valence-corrected chi connectivity index (χ1v) is 6.63. The van der Waals surface area contributed by atoms with Gasteiger partial charge in [-0.05, 0) is 25.1 Å². The molecule has 0 saturated carbocycles. The standard InChI is InChI=1S/C14H16N4OS/c1-10-9-12(13(15)20)18-14(17-10)16-7-8-19-11-5-3-2-4-6-11/h2-6,9H,7-8H2,1H3,(H2,15,20)(H,16,17,18). The molecule has 0 bridgehead atoms. The van der Waals surface area contributed by atoms with Crippen molar-refractivity contribution in [1.29, 1.82) is 0 Å². The third-order valence-electron chi connectivity index (χ3n) is 2.50. The molecule has 3 N–H and O–H groups in total. The van der Waals surface area contributed by atoms with E-state index in [9.17, 15) is 0 Å². The van der Waals surface area contributed by atoms with E-state index in [1.807, 2.05) is 37.3 Å². The van der Waals surface area contributed by atoms with E-state index in [4.69, 9.17) is 22.7 Å². The van der Waals surface area contributed by atoms with Crippen molar-refractivity contribution in [3.8, 4) is 5.75 Å². The van der Waals surface area contributed by atoms with Gasteiger partial charge in [0.2, 0.25) is 5.95 Å². The van der Waals surface area contributed by atoms with Gasteiger partial charge in [-0.3, -0.25) is 0 Å². The number of benzene rings is 1. The van der Waals surface area contributed by atoms with Gasteiger partial charge < -0.3 is 15.8 Å². The number of anilines is 1. The topological polar surface area (TPSA) is 73.1 Å². The summed E-state index contributed by atoms with van der Waals surface area (Å²) in [5, 5.41) is 3.09. The molecule has 1 aromatic heterocycles. The minimum Gasteiger partial charge on any atom is -0.492 e. The fourth-order valence-corrected chi connectivity index (χ4v) is 1.73. The molecule has 0 amide bonds. The van der Waals surface area contributed by atoms with Crippen LogP contribution in [0.15, 0.2) is 36.4 Å². The third kappa shape index (κ3) is 4.17. The van der Waals surface area contributed by atoms with Crippen LogP contribution in [0.4, 0.5) is 5.95 Å². The lowest BCUT2D eigenvalue weighted by molar-refractivity contribution is 0.332. The highest BCUT2D eigenvalue weighted by atomic mass is 32.1. The lowest BCUT2D eigenvalue weighted by atomic mass is 10.3. The molecule has 0 saturated heterocycles. The van der Waals surface area contributed by atoms with Gasteiger partial charge in [-0.2, -0.15) is 0 Å². The first kappa shape index (κ1) is 14.2. The molecule has 0 radical (unpaired) electrons. The number of thiocarbonyl (C=S) groups is 1. The molecule has 0 aliphatic rings. The fraction of sp³-hybridized carbons (Fsp3) is 0.214. The number of rotatable bonds is 6. The van der Waals surface area contributed by atoms with Crippen LogP contribution < -0.4 is 15.8 Å². The van der Waals surface area contributed by atoms with E-state index in [0.717, 1.165) is 11.4 Å². The number of nitrogens with one attached hydrogen (secondary N) is 1. The smallest absolute Gasteiger partial charge is 0.223 e. The van der Waals surface area contributed by atoms with Gasteiger partial charge >= 0.3 is 0 Å². The van der Waals surface area contributed by atoms with Crippen molar-refractivity contribution in [3.05, 3.63) is 47.8 Å². The molecule has 0 aliphatic heterocycles. The molecule has 104 valence electrons. The second kappa shape index (κ2) is 6.81. The Morgan fingerprint density at radius 3 is 2.75 bits per heavy atom. The van der Waals surface area contributed by atoms with Gasteiger partial charge in [0.25, 0.3) is 0 Å². The van der Waals surface area contributed by atoms with E-state index < -0.39 is 0 Å². The molecule has 20 heavy (non-hydrogen) atoms. The van der Waals surface area contributed by atoms with E-state index >= 15 is 0 Å². The van der Waals surface area contributed by atoms with Crippen molar-refractivity contribution in [3.63, 3.8) is 0 Å². The number of nitrogens with two attached hydrogens (primary N) is 1. The van der Waals surface area contributed by atoms with E-state index in [-0.39, 0.29) is 4.99 Å². The molecule has 0 aliphatic carbocycles. The highest BCUT2D eigenvalue weighted by molar-refractivity contribution is 7.80. The van der Waals surface area contributed by atoms with Crippen LogP contribution in [0, 0.1) is 6.92 Å². The maximum Gasteiger partial charge on any atom is 0.223 e. The van der Waals surface area contributed by atoms with Crippen molar-refractivity contribution in [2.45, 2.75) is 6.92 Å². The van der Waals surface area contributed by atoms with Crippen molar-refractivity contribution in [1.82, 2.24) is 9.97 Å². The normalized spacial score (nSPS) is 10.1.